The number of anilines is 1. The molecule has 20 heavy (non-hydrogen) atoms. The minimum absolute atomic E-state index is 0.00884. The highest BCUT2D eigenvalue weighted by Gasteiger charge is 2.32. The summed E-state index contributed by atoms with van der Waals surface area (Å²) in [5.41, 5.74) is 2.29. The van der Waals surface area contributed by atoms with Crippen molar-refractivity contribution < 1.29 is 9.53 Å². The fourth-order valence-corrected chi connectivity index (χ4v) is 3.23. The lowest BCUT2D eigenvalue weighted by atomic mass is 10.1. The summed E-state index contributed by atoms with van der Waals surface area (Å²) >= 11 is 0. The second-order valence-corrected chi connectivity index (χ2v) is 5.84. The van der Waals surface area contributed by atoms with Crippen LogP contribution in [0.25, 0.3) is 0 Å². The molecule has 0 aliphatic carbocycles. The van der Waals surface area contributed by atoms with Gasteiger partial charge in [-0.3, -0.25) is 4.90 Å². The van der Waals surface area contributed by atoms with Crippen LogP contribution in [0.5, 0.6) is 0 Å². The van der Waals surface area contributed by atoms with E-state index in [0.717, 1.165) is 31.6 Å². The van der Waals surface area contributed by atoms with E-state index >= 15 is 0 Å². The van der Waals surface area contributed by atoms with Crippen LogP contribution >= 0.6 is 0 Å². The van der Waals surface area contributed by atoms with E-state index in [-0.39, 0.29) is 24.2 Å². The number of carbonyl (C=O) groups is 1. The Balaban J connectivity index is 1.70. The Hall–Kier alpha value is -1.55. The Kier molecular flexibility index (Phi) is 3.66. The molecule has 4 heteroatoms. The van der Waals surface area contributed by atoms with Crippen molar-refractivity contribution in [2.24, 2.45) is 0 Å². The van der Waals surface area contributed by atoms with Gasteiger partial charge < -0.3 is 10.1 Å². The molecule has 0 unspecified atom stereocenters. The topological polar surface area (TPSA) is 41.6 Å². The molecule has 0 saturated carbocycles. The second kappa shape index (κ2) is 5.44. The molecule has 1 aromatic carbocycles. The zero-order valence-electron chi connectivity index (χ0n) is 12.1. The average molecular weight is 274 g/mol. The summed E-state index contributed by atoms with van der Waals surface area (Å²) in [6.07, 6.45) is 3.21. The minimum Gasteiger partial charge on any atom is -0.376 e. The molecule has 2 heterocycles. The van der Waals surface area contributed by atoms with Gasteiger partial charge in [-0.25, -0.2) is 4.79 Å². The molecule has 3 rings (SSSR count). The first-order chi connectivity index (χ1) is 9.66. The number of rotatable bonds is 2. The molecule has 0 bridgehead atoms. The standard InChI is InChI=1S/C16H22N2O2/c1-11-10-13-6-3-4-7-14(13)18(11)16(19)17-12(2)15-8-5-9-20-15/h3-4,6-7,11-12,15H,5,8-10H2,1-2H3,(H,17,19)/t11-,12+,15-/m1/s1. The maximum absolute atomic E-state index is 12.5. The first-order valence-electron chi connectivity index (χ1n) is 7.46. The van der Waals surface area contributed by atoms with Crippen LogP contribution in [0.1, 0.15) is 32.3 Å². The van der Waals surface area contributed by atoms with Gasteiger partial charge in [-0.15, -0.1) is 0 Å². The zero-order chi connectivity index (χ0) is 14.1. The third-order valence-corrected chi connectivity index (χ3v) is 4.30. The molecular weight excluding hydrogens is 252 g/mol. The van der Waals surface area contributed by atoms with E-state index in [0.29, 0.717) is 0 Å². The molecule has 1 aromatic rings. The predicted octanol–water partition coefficient (Wildman–Crippen LogP) is 2.71. The van der Waals surface area contributed by atoms with Gasteiger partial charge in [-0.2, -0.15) is 0 Å². The van der Waals surface area contributed by atoms with Crippen molar-refractivity contribution in [3.8, 4) is 0 Å². The number of nitrogens with one attached hydrogen (secondary N) is 1. The molecule has 1 N–H and O–H groups in total. The highest BCUT2D eigenvalue weighted by molar-refractivity contribution is 5.95. The Morgan fingerprint density at radius 1 is 1.45 bits per heavy atom. The fourth-order valence-electron chi connectivity index (χ4n) is 3.23. The van der Waals surface area contributed by atoms with Crippen LogP contribution in [-0.2, 0) is 11.2 Å². The van der Waals surface area contributed by atoms with E-state index in [1.165, 1.54) is 5.56 Å². The van der Waals surface area contributed by atoms with Gasteiger partial charge in [0.05, 0.1) is 12.1 Å². The van der Waals surface area contributed by atoms with Crippen LogP contribution in [-0.4, -0.2) is 30.8 Å². The lowest BCUT2D eigenvalue weighted by molar-refractivity contribution is 0.0863. The van der Waals surface area contributed by atoms with Gasteiger partial charge in [0, 0.05) is 18.3 Å². The first-order valence-corrected chi connectivity index (χ1v) is 7.46. The van der Waals surface area contributed by atoms with Crippen molar-refractivity contribution in [2.45, 2.75) is 51.3 Å². The summed E-state index contributed by atoms with van der Waals surface area (Å²) in [5.74, 6) is 0. The highest BCUT2D eigenvalue weighted by Crippen LogP contribution is 2.31. The van der Waals surface area contributed by atoms with E-state index in [1.54, 1.807) is 0 Å². The van der Waals surface area contributed by atoms with Crippen molar-refractivity contribution in [2.75, 3.05) is 11.5 Å². The summed E-state index contributed by atoms with van der Waals surface area (Å²) in [6, 6.07) is 8.40. The predicted molar refractivity (Wildman–Crippen MR) is 79.1 cm³/mol. The van der Waals surface area contributed by atoms with Crippen LogP contribution in [0, 0.1) is 0 Å². The number of fused-ring (bicyclic) bond motifs is 1. The number of carbonyl (C=O) groups excluding carboxylic acids is 1. The number of hydrogen-bond donors (Lipinski definition) is 1. The van der Waals surface area contributed by atoms with Crippen LogP contribution in [0.2, 0.25) is 0 Å². The fraction of sp³-hybridized carbons (Fsp3) is 0.562. The minimum atomic E-state index is -0.00884. The number of benzene rings is 1. The molecule has 1 saturated heterocycles. The lowest BCUT2D eigenvalue weighted by Gasteiger charge is -2.27. The van der Waals surface area contributed by atoms with Crippen molar-refractivity contribution in [1.82, 2.24) is 5.32 Å². The Morgan fingerprint density at radius 2 is 2.25 bits per heavy atom. The van der Waals surface area contributed by atoms with Crippen molar-refractivity contribution in [1.29, 1.82) is 0 Å². The summed E-state index contributed by atoms with van der Waals surface area (Å²) in [4.78, 5) is 14.4. The SMILES string of the molecule is C[C@H](NC(=O)N1c2ccccc2C[C@H]1C)[C@H]1CCCO1. The lowest BCUT2D eigenvalue weighted by Crippen LogP contribution is -2.49. The van der Waals surface area contributed by atoms with Crippen molar-refractivity contribution in [3.05, 3.63) is 29.8 Å². The monoisotopic (exact) mass is 274 g/mol. The Bertz CT molecular complexity index is 497. The largest absolute Gasteiger partial charge is 0.376 e. The van der Waals surface area contributed by atoms with E-state index in [1.807, 2.05) is 30.0 Å². The molecule has 4 nitrogen and oxygen atoms in total. The summed E-state index contributed by atoms with van der Waals surface area (Å²) in [7, 11) is 0. The van der Waals surface area contributed by atoms with Crippen molar-refractivity contribution in [3.63, 3.8) is 0 Å². The third kappa shape index (κ3) is 2.40. The molecular formula is C16H22N2O2. The number of amides is 2. The highest BCUT2D eigenvalue weighted by atomic mass is 16.5. The third-order valence-electron chi connectivity index (χ3n) is 4.30. The number of urea groups is 1. The molecule has 3 atom stereocenters. The number of nitrogens with zero attached hydrogens (tertiary/aromatic N) is 1. The van der Waals surface area contributed by atoms with Gasteiger partial charge in [0.15, 0.2) is 0 Å². The van der Waals surface area contributed by atoms with E-state index in [2.05, 4.69) is 18.3 Å². The molecule has 2 aliphatic rings. The van der Waals surface area contributed by atoms with Gasteiger partial charge in [0.25, 0.3) is 0 Å². The van der Waals surface area contributed by atoms with Gasteiger partial charge in [-0.1, -0.05) is 18.2 Å². The number of hydrogen-bond acceptors (Lipinski definition) is 2. The van der Waals surface area contributed by atoms with Crippen molar-refractivity contribution >= 4 is 11.7 Å². The molecule has 0 radical (unpaired) electrons. The Labute approximate surface area is 120 Å². The van der Waals surface area contributed by atoms with Crippen LogP contribution in [0.4, 0.5) is 10.5 Å². The quantitative estimate of drug-likeness (QED) is 0.901. The second-order valence-electron chi connectivity index (χ2n) is 5.84. The first kappa shape index (κ1) is 13.4. The molecule has 0 aromatic heterocycles. The molecule has 0 spiro atoms. The van der Waals surface area contributed by atoms with E-state index in [9.17, 15) is 4.79 Å². The maximum Gasteiger partial charge on any atom is 0.322 e. The normalized spacial score (nSPS) is 26.4. The van der Waals surface area contributed by atoms with Crippen LogP contribution in [0.15, 0.2) is 24.3 Å². The number of ether oxygens (including phenoxy) is 1. The molecule has 108 valence electrons. The molecule has 1 fully saturated rings. The van der Waals surface area contributed by atoms with Gasteiger partial charge in [0.1, 0.15) is 0 Å². The summed E-state index contributed by atoms with van der Waals surface area (Å²) < 4.78 is 5.64. The van der Waals surface area contributed by atoms with Gasteiger partial charge >= 0.3 is 6.03 Å². The average Bonchev–Trinajstić information content (AvgIpc) is 3.04. The van der Waals surface area contributed by atoms with Crippen LogP contribution in [0.3, 0.4) is 0 Å². The summed E-state index contributed by atoms with van der Waals surface area (Å²) in [6.45, 7) is 4.94. The molecule has 2 amide bonds. The smallest absolute Gasteiger partial charge is 0.322 e. The van der Waals surface area contributed by atoms with E-state index in [4.69, 9.17) is 4.74 Å². The zero-order valence-corrected chi connectivity index (χ0v) is 12.1. The maximum atomic E-state index is 12.5. The Morgan fingerprint density at radius 3 is 3.00 bits per heavy atom. The van der Waals surface area contributed by atoms with Crippen LogP contribution < -0.4 is 10.2 Å². The summed E-state index contributed by atoms with van der Waals surface area (Å²) in [5, 5.41) is 3.10. The van der Waals surface area contributed by atoms with Gasteiger partial charge in [-0.05, 0) is 44.7 Å². The molecule has 2 aliphatic heterocycles. The van der Waals surface area contributed by atoms with Gasteiger partial charge in [0.2, 0.25) is 0 Å². The van der Waals surface area contributed by atoms with E-state index < -0.39 is 0 Å². The number of para-hydroxylation sites is 1.